The fourth-order valence-corrected chi connectivity index (χ4v) is 2.79. The predicted octanol–water partition coefficient (Wildman–Crippen LogP) is 2.80. The lowest BCUT2D eigenvalue weighted by Crippen LogP contribution is -2.04. The number of benzene rings is 1. The maximum Gasteiger partial charge on any atom is 0.264 e. The number of nitrogens with two attached hydrogens (primary N) is 1. The van der Waals surface area contributed by atoms with E-state index in [9.17, 15) is 9.50 Å². The number of anilines is 1. The van der Waals surface area contributed by atoms with Gasteiger partial charge in [-0.3, -0.25) is 4.98 Å². The Balaban J connectivity index is 1.60. The van der Waals surface area contributed by atoms with Crippen LogP contribution in [0.4, 0.5) is 10.2 Å². The predicted molar refractivity (Wildman–Crippen MR) is 111 cm³/mol. The number of nitrogens with one attached hydrogen (secondary N) is 1. The summed E-state index contributed by atoms with van der Waals surface area (Å²) < 4.78 is 12.9. The fourth-order valence-electron chi connectivity index (χ4n) is 2.79. The van der Waals surface area contributed by atoms with Crippen LogP contribution in [-0.4, -0.2) is 25.9 Å². The Morgan fingerprint density at radius 1 is 1.10 bits per heavy atom. The van der Waals surface area contributed by atoms with Crippen molar-refractivity contribution in [3.8, 4) is 0 Å². The molecule has 2 aromatic heterocycles. The monoisotopic (exact) mass is 393 g/mol. The van der Waals surface area contributed by atoms with Gasteiger partial charge in [0.1, 0.15) is 11.6 Å². The van der Waals surface area contributed by atoms with Crippen LogP contribution in [0.25, 0.3) is 5.76 Å². The molecule has 0 aliphatic carbocycles. The number of aliphatic hydroxyl groups excluding tert-OH is 1. The first-order valence-electron chi connectivity index (χ1n) is 9.00. The number of pyridine rings is 2. The molecule has 6 N–H and O–H groups in total. The van der Waals surface area contributed by atoms with Crippen LogP contribution in [0, 0.1) is 11.2 Å². The quantitative estimate of drug-likeness (QED) is 0.325. The Labute approximate surface area is 167 Å². The lowest BCUT2D eigenvalue weighted by atomic mass is 10.0. The van der Waals surface area contributed by atoms with E-state index in [0.717, 1.165) is 17.3 Å². The standard InChI is InChI=1S/C22H21FN4O2/c23-17-6-7-19(26-13-17)11-21(29)15-3-1-14(2-4-15)9-18(24)10-20(28)16-5-8-22(25)27-12-16/h1-8,10,12-13,21,24,28-29H,9,11H2,(H2,25,27)/p+1/b20-10-,24-18?. The minimum atomic E-state index is -0.751. The Kier molecular flexibility index (Phi) is 6.31. The summed E-state index contributed by atoms with van der Waals surface area (Å²) in [5.74, 6) is 0.169. The molecule has 29 heavy (non-hydrogen) atoms. The van der Waals surface area contributed by atoms with Gasteiger partial charge in [-0.25, -0.2) is 9.37 Å². The highest BCUT2D eigenvalue weighted by Crippen LogP contribution is 2.19. The molecule has 0 spiro atoms. The molecule has 0 fully saturated rings. The Morgan fingerprint density at radius 3 is 2.48 bits per heavy atom. The normalized spacial score (nSPS) is 12.6. The molecule has 0 saturated carbocycles. The van der Waals surface area contributed by atoms with Crippen LogP contribution in [0.5, 0.6) is 0 Å². The van der Waals surface area contributed by atoms with Crippen molar-refractivity contribution >= 4 is 17.3 Å². The Bertz CT molecular complexity index is 1000. The van der Waals surface area contributed by atoms with Crippen molar-refractivity contribution in [1.29, 1.82) is 5.41 Å². The molecule has 3 aromatic rings. The van der Waals surface area contributed by atoms with Crippen molar-refractivity contribution in [1.82, 2.24) is 9.97 Å². The maximum atomic E-state index is 12.9. The molecule has 148 valence electrons. The van der Waals surface area contributed by atoms with E-state index < -0.39 is 11.9 Å². The molecule has 0 aliphatic heterocycles. The number of hydrogen-bond acceptors (Lipinski definition) is 5. The second-order valence-corrected chi connectivity index (χ2v) is 6.66. The van der Waals surface area contributed by atoms with Gasteiger partial charge in [-0.15, -0.1) is 0 Å². The molecule has 1 atom stereocenters. The molecule has 0 radical (unpaired) electrons. The number of allylic oxidation sites excluding steroid dienone is 1. The Morgan fingerprint density at radius 2 is 1.86 bits per heavy atom. The fraction of sp³-hybridized carbons (Fsp3) is 0.136. The van der Waals surface area contributed by atoms with Gasteiger partial charge >= 0.3 is 0 Å². The van der Waals surface area contributed by atoms with E-state index >= 15 is 0 Å². The number of halogens is 1. The molecule has 1 unspecified atom stereocenters. The highest BCUT2D eigenvalue weighted by atomic mass is 19.1. The summed E-state index contributed by atoms with van der Waals surface area (Å²) in [6.45, 7) is 0. The summed E-state index contributed by atoms with van der Waals surface area (Å²) in [6.07, 6.45) is 4.02. The average molecular weight is 393 g/mol. The first kappa shape index (κ1) is 20.2. The molecule has 6 nitrogen and oxygen atoms in total. The van der Waals surface area contributed by atoms with Crippen molar-refractivity contribution in [3.63, 3.8) is 0 Å². The van der Waals surface area contributed by atoms with Gasteiger partial charge in [0.05, 0.1) is 23.9 Å². The number of aliphatic hydroxyl groups is 1. The lowest BCUT2D eigenvalue weighted by Gasteiger charge is -2.11. The number of nitrogen functional groups attached to an aromatic ring is 1. The number of nitrogens with zero attached hydrogens (tertiary/aromatic N) is 2. The first-order valence-corrected chi connectivity index (χ1v) is 9.00. The van der Waals surface area contributed by atoms with Gasteiger partial charge < -0.3 is 21.4 Å². The zero-order valence-corrected chi connectivity index (χ0v) is 15.6. The molecule has 3 rings (SSSR count). The lowest BCUT2D eigenvalue weighted by molar-refractivity contribution is 0.177. The molecular formula is C22H22FN4O2+. The van der Waals surface area contributed by atoms with Gasteiger partial charge in [0.2, 0.25) is 0 Å². The zero-order chi connectivity index (χ0) is 20.8. The van der Waals surface area contributed by atoms with Crippen LogP contribution in [0.3, 0.4) is 0 Å². The van der Waals surface area contributed by atoms with Crippen LogP contribution >= 0.6 is 0 Å². The van der Waals surface area contributed by atoms with Crippen molar-refractivity contribution < 1.29 is 14.6 Å². The number of aromatic nitrogens is 2. The van der Waals surface area contributed by atoms with E-state index in [-0.39, 0.29) is 17.9 Å². The topological polar surface area (TPSA) is 119 Å². The van der Waals surface area contributed by atoms with Gasteiger partial charge in [0, 0.05) is 30.4 Å². The van der Waals surface area contributed by atoms with Crippen molar-refractivity contribution in [2.75, 3.05) is 5.73 Å². The largest absolute Gasteiger partial charge is 0.593 e. The average Bonchev–Trinajstić information content (AvgIpc) is 2.70. The molecule has 1 aromatic carbocycles. The summed E-state index contributed by atoms with van der Waals surface area (Å²) in [6, 6.07) is 13.5. The summed E-state index contributed by atoms with van der Waals surface area (Å²) in [5, 5.41) is 26.5. The highest BCUT2D eigenvalue weighted by Gasteiger charge is 2.11. The van der Waals surface area contributed by atoms with Crippen molar-refractivity contribution in [2.24, 2.45) is 0 Å². The Hall–Kier alpha value is -3.58. The van der Waals surface area contributed by atoms with E-state index in [1.54, 1.807) is 30.3 Å². The third-order valence-electron chi connectivity index (χ3n) is 4.37. The molecule has 0 amide bonds. The zero-order valence-electron chi connectivity index (χ0n) is 15.6. The van der Waals surface area contributed by atoms with Gasteiger partial charge in [-0.2, -0.15) is 0 Å². The third kappa shape index (κ3) is 5.70. The molecule has 0 aliphatic rings. The van der Waals surface area contributed by atoms with Crippen LogP contribution in [0.1, 0.15) is 28.5 Å². The smallest absolute Gasteiger partial charge is 0.264 e. The molecule has 2 heterocycles. The van der Waals surface area contributed by atoms with E-state index in [0.29, 0.717) is 23.5 Å². The summed E-state index contributed by atoms with van der Waals surface area (Å²) in [7, 11) is 0. The van der Waals surface area contributed by atoms with Crippen LogP contribution in [0.2, 0.25) is 0 Å². The highest BCUT2D eigenvalue weighted by molar-refractivity contribution is 5.98. The van der Waals surface area contributed by atoms with Crippen LogP contribution < -0.4 is 5.73 Å². The molecule has 0 bridgehead atoms. The van der Waals surface area contributed by atoms with Gasteiger partial charge in [0.25, 0.3) is 5.76 Å². The van der Waals surface area contributed by atoms with Crippen molar-refractivity contribution in [2.45, 2.75) is 18.9 Å². The minimum Gasteiger partial charge on any atom is -0.593 e. The van der Waals surface area contributed by atoms with E-state index in [1.807, 2.05) is 12.1 Å². The van der Waals surface area contributed by atoms with Crippen molar-refractivity contribution in [3.05, 3.63) is 95.2 Å². The van der Waals surface area contributed by atoms with E-state index in [2.05, 4.69) is 9.97 Å². The maximum absolute atomic E-state index is 12.9. The van der Waals surface area contributed by atoms with E-state index in [4.69, 9.17) is 16.2 Å². The van der Waals surface area contributed by atoms with Crippen LogP contribution in [0.15, 0.2) is 67.0 Å². The SMILES string of the molecule is N=C(/C=C(\[OH2+])c1ccc(N)nc1)Cc1ccc(C(O)Cc2ccc(F)cn2)cc1. The molecule has 0 saturated heterocycles. The second kappa shape index (κ2) is 9.07. The van der Waals surface area contributed by atoms with Gasteiger partial charge in [0.15, 0.2) is 0 Å². The number of rotatable bonds is 7. The summed E-state index contributed by atoms with van der Waals surface area (Å²) in [4.78, 5) is 7.91. The summed E-state index contributed by atoms with van der Waals surface area (Å²) in [5.41, 5.74) is 8.64. The third-order valence-corrected chi connectivity index (χ3v) is 4.37. The van der Waals surface area contributed by atoms with Crippen LogP contribution in [-0.2, 0) is 12.8 Å². The minimum absolute atomic E-state index is 0.196. The van der Waals surface area contributed by atoms with E-state index in [1.165, 1.54) is 18.3 Å². The van der Waals surface area contributed by atoms with Gasteiger partial charge in [-0.05, 0) is 35.4 Å². The first-order chi connectivity index (χ1) is 13.9. The molecular weight excluding hydrogens is 371 g/mol. The van der Waals surface area contributed by atoms with Gasteiger partial charge in [-0.1, -0.05) is 24.3 Å². The number of hydrogen-bond donors (Lipinski definition) is 3. The second-order valence-electron chi connectivity index (χ2n) is 6.66. The molecule has 7 heteroatoms. The summed E-state index contributed by atoms with van der Waals surface area (Å²) >= 11 is 0.